The SMILES string of the molecule is CCC(Nc1cccc(C(=O)NC)c1C)C(=O)O. The van der Waals surface area contributed by atoms with Gasteiger partial charge in [0.05, 0.1) is 0 Å². The normalized spacial score (nSPS) is 11.7. The molecule has 0 bridgehead atoms. The lowest BCUT2D eigenvalue weighted by molar-refractivity contribution is -0.137. The van der Waals surface area contributed by atoms with E-state index in [1.54, 1.807) is 39.1 Å². The number of carbonyl (C=O) groups excluding carboxylic acids is 1. The summed E-state index contributed by atoms with van der Waals surface area (Å²) in [6.07, 6.45) is 0.471. The molecule has 1 rings (SSSR count). The van der Waals surface area contributed by atoms with E-state index >= 15 is 0 Å². The fourth-order valence-electron chi connectivity index (χ4n) is 1.70. The molecule has 0 aliphatic carbocycles. The van der Waals surface area contributed by atoms with Gasteiger partial charge in [0.15, 0.2) is 0 Å². The van der Waals surface area contributed by atoms with Crippen molar-refractivity contribution in [3.8, 4) is 0 Å². The Hall–Kier alpha value is -2.04. The first-order chi connectivity index (χ1) is 8.51. The molecule has 1 amide bonds. The van der Waals surface area contributed by atoms with Crippen LogP contribution in [0.3, 0.4) is 0 Å². The molecule has 98 valence electrons. The summed E-state index contributed by atoms with van der Waals surface area (Å²) in [5.41, 5.74) is 1.96. The lowest BCUT2D eigenvalue weighted by atomic mass is 10.0. The summed E-state index contributed by atoms with van der Waals surface area (Å²) in [6, 6.07) is 4.56. The molecule has 1 unspecified atom stereocenters. The first-order valence-electron chi connectivity index (χ1n) is 5.82. The Morgan fingerprint density at radius 3 is 2.56 bits per heavy atom. The Morgan fingerprint density at radius 1 is 1.39 bits per heavy atom. The highest BCUT2D eigenvalue weighted by molar-refractivity contribution is 5.97. The molecule has 3 N–H and O–H groups in total. The van der Waals surface area contributed by atoms with E-state index in [2.05, 4.69) is 10.6 Å². The maximum absolute atomic E-state index is 11.6. The number of carbonyl (C=O) groups is 2. The summed E-state index contributed by atoms with van der Waals surface area (Å²) in [5, 5.41) is 14.5. The molecule has 1 atom stereocenters. The molecule has 5 nitrogen and oxygen atoms in total. The number of benzene rings is 1. The van der Waals surface area contributed by atoms with E-state index in [1.807, 2.05) is 0 Å². The summed E-state index contributed by atoms with van der Waals surface area (Å²) in [6.45, 7) is 3.59. The first kappa shape index (κ1) is 14.0. The van der Waals surface area contributed by atoms with Gasteiger partial charge in [-0.1, -0.05) is 13.0 Å². The zero-order valence-electron chi connectivity index (χ0n) is 10.8. The molecule has 18 heavy (non-hydrogen) atoms. The topological polar surface area (TPSA) is 78.4 Å². The fourth-order valence-corrected chi connectivity index (χ4v) is 1.70. The summed E-state index contributed by atoms with van der Waals surface area (Å²) >= 11 is 0. The van der Waals surface area contributed by atoms with Gasteiger partial charge in [-0.15, -0.1) is 0 Å². The number of carboxylic acids is 1. The Morgan fingerprint density at radius 2 is 2.06 bits per heavy atom. The number of aliphatic carboxylic acids is 1. The smallest absolute Gasteiger partial charge is 0.326 e. The molecule has 0 spiro atoms. The third-order valence-electron chi connectivity index (χ3n) is 2.84. The second-order valence-corrected chi connectivity index (χ2v) is 4.00. The Bertz CT molecular complexity index is 458. The van der Waals surface area contributed by atoms with Gasteiger partial charge in [0.2, 0.25) is 0 Å². The van der Waals surface area contributed by atoms with Gasteiger partial charge in [0.1, 0.15) is 6.04 Å². The lowest BCUT2D eigenvalue weighted by Crippen LogP contribution is -2.29. The van der Waals surface area contributed by atoms with Gasteiger partial charge in [-0.3, -0.25) is 4.79 Å². The van der Waals surface area contributed by atoms with Gasteiger partial charge >= 0.3 is 5.97 Å². The van der Waals surface area contributed by atoms with Crippen LogP contribution in [0.4, 0.5) is 5.69 Å². The van der Waals surface area contributed by atoms with E-state index < -0.39 is 12.0 Å². The molecule has 5 heteroatoms. The molecule has 0 aromatic heterocycles. The Kier molecular flexibility index (Phi) is 4.71. The minimum atomic E-state index is -0.901. The molecular formula is C13H18N2O3. The number of amides is 1. The molecular weight excluding hydrogens is 232 g/mol. The summed E-state index contributed by atoms with van der Waals surface area (Å²) in [7, 11) is 1.56. The van der Waals surface area contributed by atoms with Gasteiger partial charge < -0.3 is 15.7 Å². The zero-order valence-corrected chi connectivity index (χ0v) is 10.8. The Labute approximate surface area is 106 Å². The van der Waals surface area contributed by atoms with Crippen molar-refractivity contribution in [2.45, 2.75) is 26.3 Å². The minimum absolute atomic E-state index is 0.181. The largest absolute Gasteiger partial charge is 0.480 e. The van der Waals surface area contributed by atoms with Crippen LogP contribution in [0.2, 0.25) is 0 Å². The van der Waals surface area contributed by atoms with Crippen LogP contribution in [-0.2, 0) is 4.79 Å². The van der Waals surface area contributed by atoms with Crippen LogP contribution in [0.5, 0.6) is 0 Å². The minimum Gasteiger partial charge on any atom is -0.480 e. The second-order valence-electron chi connectivity index (χ2n) is 4.00. The van der Waals surface area contributed by atoms with Crippen LogP contribution >= 0.6 is 0 Å². The highest BCUT2D eigenvalue weighted by Crippen LogP contribution is 2.20. The lowest BCUT2D eigenvalue weighted by Gasteiger charge is -2.17. The van der Waals surface area contributed by atoms with E-state index in [0.717, 1.165) is 5.56 Å². The predicted molar refractivity (Wildman–Crippen MR) is 69.9 cm³/mol. The van der Waals surface area contributed by atoms with Crippen molar-refractivity contribution in [3.05, 3.63) is 29.3 Å². The Balaban J connectivity index is 3.04. The average Bonchev–Trinajstić information content (AvgIpc) is 2.36. The van der Waals surface area contributed by atoms with Crippen molar-refractivity contribution in [2.75, 3.05) is 12.4 Å². The van der Waals surface area contributed by atoms with E-state index in [4.69, 9.17) is 5.11 Å². The van der Waals surface area contributed by atoms with Gasteiger partial charge in [0.25, 0.3) is 5.91 Å². The third kappa shape index (κ3) is 3.00. The van der Waals surface area contributed by atoms with Gasteiger partial charge in [-0.25, -0.2) is 4.79 Å². The number of hydrogen-bond acceptors (Lipinski definition) is 3. The number of carboxylic acid groups (broad SMARTS) is 1. The van der Waals surface area contributed by atoms with Crippen LogP contribution in [-0.4, -0.2) is 30.1 Å². The fraction of sp³-hybridized carbons (Fsp3) is 0.385. The van der Waals surface area contributed by atoms with E-state index in [1.165, 1.54) is 0 Å². The molecule has 1 aromatic rings. The summed E-state index contributed by atoms with van der Waals surface area (Å²) < 4.78 is 0. The number of hydrogen-bond donors (Lipinski definition) is 3. The van der Waals surface area contributed by atoms with Crippen molar-refractivity contribution in [1.29, 1.82) is 0 Å². The molecule has 0 heterocycles. The standard InChI is InChI=1S/C13H18N2O3/c1-4-10(13(17)18)15-11-7-5-6-9(8(11)2)12(16)14-3/h5-7,10,15H,4H2,1-3H3,(H,14,16)(H,17,18). The van der Waals surface area contributed by atoms with Crippen LogP contribution < -0.4 is 10.6 Å². The predicted octanol–water partition coefficient (Wildman–Crippen LogP) is 1.63. The number of anilines is 1. The van der Waals surface area contributed by atoms with Crippen molar-refractivity contribution in [3.63, 3.8) is 0 Å². The molecule has 0 aliphatic heterocycles. The van der Waals surface area contributed by atoms with Crippen molar-refractivity contribution in [2.24, 2.45) is 0 Å². The molecule has 1 aromatic carbocycles. The highest BCUT2D eigenvalue weighted by Gasteiger charge is 2.17. The summed E-state index contributed by atoms with van der Waals surface area (Å²) in [4.78, 5) is 22.6. The van der Waals surface area contributed by atoms with Crippen LogP contribution in [0, 0.1) is 6.92 Å². The maximum Gasteiger partial charge on any atom is 0.326 e. The van der Waals surface area contributed by atoms with Crippen LogP contribution in [0.25, 0.3) is 0 Å². The van der Waals surface area contributed by atoms with E-state index in [-0.39, 0.29) is 5.91 Å². The molecule has 0 radical (unpaired) electrons. The quantitative estimate of drug-likeness (QED) is 0.742. The van der Waals surface area contributed by atoms with E-state index in [0.29, 0.717) is 17.7 Å². The second kappa shape index (κ2) is 6.05. The zero-order chi connectivity index (χ0) is 13.7. The van der Waals surface area contributed by atoms with E-state index in [9.17, 15) is 9.59 Å². The molecule has 0 saturated carbocycles. The van der Waals surface area contributed by atoms with Gasteiger partial charge in [-0.2, -0.15) is 0 Å². The van der Waals surface area contributed by atoms with Crippen LogP contribution in [0.15, 0.2) is 18.2 Å². The average molecular weight is 250 g/mol. The van der Waals surface area contributed by atoms with Crippen molar-refractivity contribution < 1.29 is 14.7 Å². The molecule has 0 aliphatic rings. The van der Waals surface area contributed by atoms with Crippen molar-refractivity contribution >= 4 is 17.6 Å². The van der Waals surface area contributed by atoms with Crippen molar-refractivity contribution in [1.82, 2.24) is 5.32 Å². The van der Waals surface area contributed by atoms with Gasteiger partial charge in [0, 0.05) is 18.3 Å². The molecule has 0 saturated heterocycles. The first-order valence-corrected chi connectivity index (χ1v) is 5.82. The highest BCUT2D eigenvalue weighted by atomic mass is 16.4. The maximum atomic E-state index is 11.6. The summed E-state index contributed by atoms with van der Waals surface area (Å²) in [5.74, 6) is -1.08. The van der Waals surface area contributed by atoms with Crippen LogP contribution in [0.1, 0.15) is 29.3 Å². The van der Waals surface area contributed by atoms with Gasteiger partial charge in [-0.05, 0) is 31.0 Å². The number of nitrogens with one attached hydrogen (secondary N) is 2. The monoisotopic (exact) mass is 250 g/mol. The third-order valence-corrected chi connectivity index (χ3v) is 2.84. The number of rotatable bonds is 5. The molecule has 0 fully saturated rings.